The molecule has 0 fully saturated rings. The minimum atomic E-state index is -2.16. The highest BCUT2D eigenvalue weighted by atomic mass is 32.1. The molecule has 0 aliphatic heterocycles. The molecule has 1 heterocycles. The molecule has 60 valence electrons. The maximum absolute atomic E-state index is 11.4. The van der Waals surface area contributed by atoms with Crippen molar-refractivity contribution in [2.75, 3.05) is 13.3 Å². The van der Waals surface area contributed by atoms with Gasteiger partial charge >= 0.3 is 0 Å². The Hall–Kier alpha value is -0.400. The zero-order chi connectivity index (χ0) is 8.48. The first-order valence-electron chi connectivity index (χ1n) is 3.13. The van der Waals surface area contributed by atoms with Crippen LogP contribution in [0.2, 0.25) is 0 Å². The largest absolute Gasteiger partial charge is 0.319 e. The van der Waals surface area contributed by atoms with Crippen LogP contribution in [0.5, 0.6) is 0 Å². The molecular formula is C7H9O2PS. The first-order valence-corrected chi connectivity index (χ1v) is 6.61. The van der Waals surface area contributed by atoms with Crippen molar-refractivity contribution in [3.05, 3.63) is 16.3 Å². The Balaban J connectivity index is 3.08. The second-order valence-electron chi connectivity index (χ2n) is 2.68. The molecule has 1 aromatic heterocycles. The topological polar surface area (TPSA) is 34.1 Å². The van der Waals surface area contributed by atoms with Crippen LogP contribution in [0.25, 0.3) is 0 Å². The van der Waals surface area contributed by atoms with Gasteiger partial charge in [0.1, 0.15) is 7.14 Å². The molecule has 0 saturated carbocycles. The van der Waals surface area contributed by atoms with Crippen molar-refractivity contribution in [2.24, 2.45) is 0 Å². The van der Waals surface area contributed by atoms with Gasteiger partial charge in [-0.3, -0.25) is 4.79 Å². The van der Waals surface area contributed by atoms with Gasteiger partial charge in [0, 0.05) is 10.7 Å². The molecular weight excluding hydrogens is 179 g/mol. The van der Waals surface area contributed by atoms with Crippen LogP contribution in [-0.2, 0) is 4.57 Å². The van der Waals surface area contributed by atoms with E-state index in [4.69, 9.17) is 0 Å². The molecule has 0 N–H and O–H groups in total. The van der Waals surface area contributed by atoms with Crippen LogP contribution in [0.1, 0.15) is 9.67 Å². The van der Waals surface area contributed by atoms with E-state index < -0.39 is 7.14 Å². The van der Waals surface area contributed by atoms with Crippen LogP contribution in [0.4, 0.5) is 0 Å². The second-order valence-corrected chi connectivity index (χ2v) is 6.84. The lowest BCUT2D eigenvalue weighted by atomic mass is 10.5. The summed E-state index contributed by atoms with van der Waals surface area (Å²) in [5.41, 5.74) is 0. The van der Waals surface area contributed by atoms with Crippen molar-refractivity contribution in [2.45, 2.75) is 0 Å². The van der Waals surface area contributed by atoms with E-state index in [0.29, 0.717) is 4.88 Å². The molecule has 4 heteroatoms. The van der Waals surface area contributed by atoms with E-state index >= 15 is 0 Å². The van der Waals surface area contributed by atoms with Gasteiger partial charge < -0.3 is 4.57 Å². The van der Waals surface area contributed by atoms with Gasteiger partial charge in [0.05, 0.1) is 4.88 Å². The molecule has 0 aliphatic carbocycles. The van der Waals surface area contributed by atoms with Crippen molar-refractivity contribution >= 4 is 30.1 Å². The molecule has 0 radical (unpaired) electrons. The Kier molecular flexibility index (Phi) is 2.31. The fourth-order valence-corrected chi connectivity index (χ4v) is 2.97. The predicted molar refractivity (Wildman–Crippen MR) is 48.8 cm³/mol. The third-order valence-electron chi connectivity index (χ3n) is 1.34. The number of carbonyl (C=O) groups is 1. The van der Waals surface area contributed by atoms with E-state index in [-0.39, 0.29) is 0 Å². The predicted octanol–water partition coefficient (Wildman–Crippen LogP) is 1.81. The maximum Gasteiger partial charge on any atom is 0.160 e. The highest BCUT2D eigenvalue weighted by molar-refractivity contribution is 7.70. The van der Waals surface area contributed by atoms with Gasteiger partial charge in [-0.05, 0) is 19.4 Å². The zero-order valence-electron chi connectivity index (χ0n) is 6.40. The maximum atomic E-state index is 11.4. The van der Waals surface area contributed by atoms with Crippen LogP contribution < -0.4 is 5.30 Å². The fraction of sp³-hybridized carbons (Fsp3) is 0.286. The molecule has 0 saturated heterocycles. The normalized spacial score (nSPS) is 11.5. The number of hydrogen-bond acceptors (Lipinski definition) is 3. The van der Waals surface area contributed by atoms with Crippen LogP contribution in [0.15, 0.2) is 11.4 Å². The van der Waals surface area contributed by atoms with Crippen molar-refractivity contribution in [1.82, 2.24) is 0 Å². The Labute approximate surface area is 69.6 Å². The van der Waals surface area contributed by atoms with Crippen LogP contribution in [-0.4, -0.2) is 19.6 Å². The highest BCUT2D eigenvalue weighted by Crippen LogP contribution is 2.35. The summed E-state index contributed by atoms with van der Waals surface area (Å²) in [6.07, 6.45) is 0.782. The number of hydrogen-bond donors (Lipinski definition) is 0. The summed E-state index contributed by atoms with van der Waals surface area (Å²) in [5.74, 6) is 0. The summed E-state index contributed by atoms with van der Waals surface area (Å²) in [6.45, 7) is 3.40. The lowest BCUT2D eigenvalue weighted by Gasteiger charge is -2.00. The van der Waals surface area contributed by atoms with E-state index in [2.05, 4.69) is 0 Å². The summed E-state index contributed by atoms with van der Waals surface area (Å²) in [6, 6.07) is 1.69. The van der Waals surface area contributed by atoms with Crippen molar-refractivity contribution in [3.8, 4) is 0 Å². The Bertz CT molecular complexity index is 310. The zero-order valence-corrected chi connectivity index (χ0v) is 8.11. The van der Waals surface area contributed by atoms with Gasteiger partial charge in [0.2, 0.25) is 0 Å². The third-order valence-corrected chi connectivity index (χ3v) is 3.88. The molecule has 1 rings (SSSR count). The van der Waals surface area contributed by atoms with E-state index in [1.165, 1.54) is 11.3 Å². The lowest BCUT2D eigenvalue weighted by Crippen LogP contribution is -1.97. The molecule has 0 unspecified atom stereocenters. The SMILES string of the molecule is CP(C)(=O)c1csc(C=O)c1. The summed E-state index contributed by atoms with van der Waals surface area (Å²) < 4.78 is 11.4. The van der Waals surface area contributed by atoms with Gasteiger partial charge in [-0.2, -0.15) is 0 Å². The molecule has 11 heavy (non-hydrogen) atoms. The first-order chi connectivity index (χ1) is 5.04. The molecule has 0 atom stereocenters. The number of aldehydes is 1. The Morgan fingerprint density at radius 2 is 2.18 bits per heavy atom. The summed E-state index contributed by atoms with van der Waals surface area (Å²) in [5, 5.41) is 2.58. The molecule has 0 spiro atoms. The average molecular weight is 188 g/mol. The molecule has 1 aromatic rings. The summed E-state index contributed by atoms with van der Waals surface area (Å²) in [7, 11) is -2.16. The minimum absolute atomic E-state index is 0.643. The Morgan fingerprint density at radius 1 is 1.55 bits per heavy atom. The van der Waals surface area contributed by atoms with Gasteiger partial charge in [-0.25, -0.2) is 0 Å². The van der Waals surface area contributed by atoms with E-state index in [9.17, 15) is 9.36 Å². The van der Waals surface area contributed by atoms with Gasteiger partial charge in [0.15, 0.2) is 6.29 Å². The average Bonchev–Trinajstić information content (AvgIpc) is 2.32. The monoisotopic (exact) mass is 188 g/mol. The molecule has 0 amide bonds. The smallest absolute Gasteiger partial charge is 0.160 e. The molecule has 2 nitrogen and oxygen atoms in total. The first kappa shape index (κ1) is 8.69. The standard InChI is InChI=1S/C7H9O2PS/c1-10(2,9)6-3-7(4-8)11-5-6/h3-5H,1-2H3. The van der Waals surface area contributed by atoms with Crippen LogP contribution >= 0.6 is 18.5 Å². The summed E-state index contributed by atoms with van der Waals surface area (Å²) in [4.78, 5) is 10.9. The van der Waals surface area contributed by atoms with Gasteiger partial charge in [-0.1, -0.05) is 0 Å². The Morgan fingerprint density at radius 3 is 2.45 bits per heavy atom. The van der Waals surface area contributed by atoms with Crippen LogP contribution in [0.3, 0.4) is 0 Å². The van der Waals surface area contributed by atoms with E-state index in [1.54, 1.807) is 24.8 Å². The molecule has 0 aliphatic rings. The molecule has 0 bridgehead atoms. The number of rotatable bonds is 2. The highest BCUT2D eigenvalue weighted by Gasteiger charge is 2.12. The number of carbonyl (C=O) groups excluding carboxylic acids is 1. The van der Waals surface area contributed by atoms with E-state index in [1.807, 2.05) is 0 Å². The number of thiophene rings is 1. The van der Waals surface area contributed by atoms with Crippen molar-refractivity contribution in [1.29, 1.82) is 0 Å². The fourth-order valence-electron chi connectivity index (χ4n) is 0.686. The van der Waals surface area contributed by atoms with E-state index in [0.717, 1.165) is 11.6 Å². The molecule has 0 aromatic carbocycles. The van der Waals surface area contributed by atoms with Gasteiger partial charge in [-0.15, -0.1) is 11.3 Å². The van der Waals surface area contributed by atoms with Crippen molar-refractivity contribution < 1.29 is 9.36 Å². The lowest BCUT2D eigenvalue weighted by molar-refractivity contribution is 0.112. The summed E-state index contributed by atoms with van der Waals surface area (Å²) >= 11 is 1.34. The van der Waals surface area contributed by atoms with Gasteiger partial charge in [0.25, 0.3) is 0 Å². The van der Waals surface area contributed by atoms with Crippen molar-refractivity contribution in [3.63, 3.8) is 0 Å². The minimum Gasteiger partial charge on any atom is -0.319 e. The third kappa shape index (κ3) is 2.01. The van der Waals surface area contributed by atoms with Crippen LogP contribution in [0, 0.1) is 0 Å². The second kappa shape index (κ2) is 2.92. The quantitative estimate of drug-likeness (QED) is 0.524.